The second-order valence-corrected chi connectivity index (χ2v) is 4.82. The number of anilines is 2. The molecule has 0 bridgehead atoms. The maximum atomic E-state index is 12.2. The summed E-state index contributed by atoms with van der Waals surface area (Å²) in [6.45, 7) is -0.521. The first-order chi connectivity index (χ1) is 11.6. The summed E-state index contributed by atoms with van der Waals surface area (Å²) in [6.07, 6.45) is 3.39. The van der Waals surface area contributed by atoms with Crippen LogP contribution in [0, 0.1) is 0 Å². The predicted molar refractivity (Wildman–Crippen MR) is 82.2 cm³/mol. The van der Waals surface area contributed by atoms with Crippen molar-refractivity contribution in [2.24, 2.45) is 0 Å². The molecule has 0 aliphatic rings. The molecule has 2 heterocycles. The summed E-state index contributed by atoms with van der Waals surface area (Å²) in [5.74, 6) is 0. The van der Waals surface area contributed by atoms with Crippen LogP contribution >= 0.6 is 0 Å². The van der Waals surface area contributed by atoms with E-state index in [1.165, 1.54) is 12.4 Å². The zero-order chi connectivity index (χ0) is 16.9. The highest BCUT2D eigenvalue weighted by Gasteiger charge is 2.08. The Morgan fingerprint density at radius 1 is 1.17 bits per heavy atom. The molecule has 0 aliphatic carbocycles. The average Bonchev–Trinajstić information content (AvgIpc) is 3.19. The molecule has 3 aromatic rings. The number of aromatic nitrogens is 5. The molecule has 2 amide bonds. The van der Waals surface area contributed by atoms with Gasteiger partial charge in [-0.05, 0) is 24.3 Å². The van der Waals surface area contributed by atoms with Crippen molar-refractivity contribution < 1.29 is 13.6 Å². The van der Waals surface area contributed by atoms with E-state index in [9.17, 15) is 13.6 Å². The Bertz CT molecular complexity index is 799. The molecule has 0 spiro atoms. The fraction of sp³-hybridized carbons (Fsp3) is 0.143. The maximum Gasteiger partial charge on any atom is 0.323 e. The summed E-state index contributed by atoms with van der Waals surface area (Å²) in [5.41, 5.74) is 1.69. The SMILES string of the molecule is O=C(Nc1ccc(-n2ccnn2)cc1)Nc1cnn(CC(F)F)c1. The molecule has 0 radical (unpaired) electrons. The van der Waals surface area contributed by atoms with Crippen molar-refractivity contribution in [3.8, 4) is 5.69 Å². The molecule has 2 N–H and O–H groups in total. The van der Waals surface area contributed by atoms with E-state index in [2.05, 4.69) is 26.0 Å². The lowest BCUT2D eigenvalue weighted by Crippen LogP contribution is -2.19. The van der Waals surface area contributed by atoms with Crippen molar-refractivity contribution in [1.82, 2.24) is 24.8 Å². The highest BCUT2D eigenvalue weighted by atomic mass is 19.3. The lowest BCUT2D eigenvalue weighted by molar-refractivity contribution is 0.122. The lowest BCUT2D eigenvalue weighted by Gasteiger charge is -2.07. The zero-order valence-electron chi connectivity index (χ0n) is 12.3. The van der Waals surface area contributed by atoms with Gasteiger partial charge in [0.25, 0.3) is 6.43 Å². The van der Waals surface area contributed by atoms with Gasteiger partial charge in [-0.15, -0.1) is 5.10 Å². The van der Waals surface area contributed by atoms with E-state index in [1.807, 2.05) is 0 Å². The summed E-state index contributed by atoms with van der Waals surface area (Å²) in [6, 6.07) is 6.45. The monoisotopic (exact) mass is 333 g/mol. The first kappa shape index (κ1) is 15.6. The van der Waals surface area contributed by atoms with Crippen LogP contribution in [0.2, 0.25) is 0 Å². The zero-order valence-corrected chi connectivity index (χ0v) is 12.3. The van der Waals surface area contributed by atoms with E-state index in [1.54, 1.807) is 41.3 Å². The Morgan fingerprint density at radius 3 is 2.58 bits per heavy atom. The minimum atomic E-state index is -2.50. The molecule has 0 fully saturated rings. The number of benzene rings is 1. The lowest BCUT2D eigenvalue weighted by atomic mass is 10.3. The van der Waals surface area contributed by atoms with Crippen molar-refractivity contribution in [3.63, 3.8) is 0 Å². The van der Waals surface area contributed by atoms with Crippen LogP contribution in [-0.4, -0.2) is 37.2 Å². The van der Waals surface area contributed by atoms with E-state index in [0.717, 1.165) is 10.4 Å². The third-order valence-electron chi connectivity index (χ3n) is 3.03. The van der Waals surface area contributed by atoms with Crippen molar-refractivity contribution in [2.45, 2.75) is 13.0 Å². The van der Waals surface area contributed by atoms with E-state index in [0.29, 0.717) is 11.4 Å². The Morgan fingerprint density at radius 2 is 1.92 bits per heavy atom. The van der Waals surface area contributed by atoms with Crippen LogP contribution in [0.4, 0.5) is 25.0 Å². The second-order valence-electron chi connectivity index (χ2n) is 4.82. The Labute approximate surface area is 135 Å². The smallest absolute Gasteiger partial charge is 0.308 e. The number of nitrogens with zero attached hydrogens (tertiary/aromatic N) is 5. The van der Waals surface area contributed by atoms with Gasteiger partial charge in [-0.1, -0.05) is 5.21 Å². The standard InChI is InChI=1S/C14H13F2N7O/c15-13(16)9-22-8-11(7-18-22)20-14(24)19-10-1-3-12(4-2-10)23-6-5-17-21-23/h1-8,13H,9H2,(H2,19,20,24). The largest absolute Gasteiger partial charge is 0.323 e. The number of nitrogens with one attached hydrogen (secondary N) is 2. The Hall–Kier alpha value is -3.30. The van der Waals surface area contributed by atoms with Gasteiger partial charge in [-0.25, -0.2) is 18.3 Å². The number of hydrogen-bond donors (Lipinski definition) is 2. The predicted octanol–water partition coefficient (Wildman–Crippen LogP) is 2.37. The van der Waals surface area contributed by atoms with Crippen LogP contribution in [0.1, 0.15) is 0 Å². The number of amides is 2. The Balaban J connectivity index is 1.57. The molecular weight excluding hydrogens is 320 g/mol. The summed E-state index contributed by atoms with van der Waals surface area (Å²) in [4.78, 5) is 11.9. The molecule has 24 heavy (non-hydrogen) atoms. The summed E-state index contributed by atoms with van der Waals surface area (Å²) in [5, 5.41) is 16.5. The molecule has 3 rings (SSSR count). The van der Waals surface area contributed by atoms with Gasteiger partial charge in [-0.3, -0.25) is 4.68 Å². The minimum absolute atomic E-state index is 0.326. The molecule has 0 unspecified atom stereocenters. The fourth-order valence-electron chi connectivity index (χ4n) is 2.01. The molecule has 0 saturated carbocycles. The molecule has 1 aromatic carbocycles. The van der Waals surface area contributed by atoms with Gasteiger partial charge in [0.15, 0.2) is 0 Å². The molecule has 8 nitrogen and oxygen atoms in total. The van der Waals surface area contributed by atoms with Gasteiger partial charge >= 0.3 is 6.03 Å². The van der Waals surface area contributed by atoms with Crippen LogP contribution in [0.5, 0.6) is 0 Å². The summed E-state index contributed by atoms with van der Waals surface area (Å²) >= 11 is 0. The van der Waals surface area contributed by atoms with Gasteiger partial charge in [0.05, 0.1) is 30.0 Å². The summed E-state index contributed by atoms with van der Waals surface area (Å²) in [7, 11) is 0. The van der Waals surface area contributed by atoms with Crippen molar-refractivity contribution in [1.29, 1.82) is 0 Å². The number of halogens is 2. The molecule has 0 aliphatic heterocycles. The highest BCUT2D eigenvalue weighted by Crippen LogP contribution is 2.13. The van der Waals surface area contributed by atoms with Crippen molar-refractivity contribution in [3.05, 3.63) is 49.1 Å². The van der Waals surface area contributed by atoms with E-state index < -0.39 is 19.0 Å². The average molecular weight is 333 g/mol. The topological polar surface area (TPSA) is 89.7 Å². The van der Waals surface area contributed by atoms with Crippen LogP contribution in [0.15, 0.2) is 49.1 Å². The third-order valence-corrected chi connectivity index (χ3v) is 3.03. The highest BCUT2D eigenvalue weighted by molar-refractivity contribution is 5.99. The number of urea groups is 1. The molecule has 0 saturated heterocycles. The van der Waals surface area contributed by atoms with Crippen LogP contribution < -0.4 is 10.6 Å². The van der Waals surface area contributed by atoms with Crippen LogP contribution in [-0.2, 0) is 6.54 Å². The van der Waals surface area contributed by atoms with E-state index in [-0.39, 0.29) is 0 Å². The number of carbonyl (C=O) groups is 1. The van der Waals surface area contributed by atoms with E-state index in [4.69, 9.17) is 0 Å². The maximum absolute atomic E-state index is 12.2. The molecule has 124 valence electrons. The summed E-state index contributed by atoms with van der Waals surface area (Å²) < 4.78 is 27.1. The first-order valence-corrected chi connectivity index (χ1v) is 6.95. The first-order valence-electron chi connectivity index (χ1n) is 6.95. The van der Waals surface area contributed by atoms with Gasteiger partial charge in [-0.2, -0.15) is 5.10 Å². The van der Waals surface area contributed by atoms with Crippen LogP contribution in [0.3, 0.4) is 0 Å². The molecule has 0 atom stereocenters. The van der Waals surface area contributed by atoms with Crippen molar-refractivity contribution >= 4 is 17.4 Å². The van der Waals surface area contributed by atoms with Crippen molar-refractivity contribution in [2.75, 3.05) is 10.6 Å². The second kappa shape index (κ2) is 6.86. The Kier molecular flexibility index (Phi) is 4.45. The van der Waals surface area contributed by atoms with Gasteiger partial charge in [0.2, 0.25) is 0 Å². The molecule has 10 heteroatoms. The van der Waals surface area contributed by atoms with Gasteiger partial charge in [0.1, 0.15) is 6.54 Å². The number of alkyl halides is 2. The number of hydrogen-bond acceptors (Lipinski definition) is 4. The van der Waals surface area contributed by atoms with Gasteiger partial charge in [0, 0.05) is 11.9 Å². The van der Waals surface area contributed by atoms with Gasteiger partial charge < -0.3 is 10.6 Å². The third kappa shape index (κ3) is 3.91. The fourth-order valence-corrected chi connectivity index (χ4v) is 2.01. The molecular formula is C14H13F2N7O. The molecule has 2 aromatic heterocycles. The van der Waals surface area contributed by atoms with Crippen LogP contribution in [0.25, 0.3) is 5.69 Å². The number of carbonyl (C=O) groups excluding carboxylic acids is 1. The van der Waals surface area contributed by atoms with E-state index >= 15 is 0 Å². The normalized spacial score (nSPS) is 10.8. The minimum Gasteiger partial charge on any atom is -0.308 e. The quantitative estimate of drug-likeness (QED) is 0.750. The number of rotatable bonds is 5.